The first-order valence-corrected chi connectivity index (χ1v) is 7.56. The van der Waals surface area contributed by atoms with Gasteiger partial charge in [0.2, 0.25) is 5.76 Å². The molecule has 1 fully saturated rings. The van der Waals surface area contributed by atoms with Gasteiger partial charge in [0.15, 0.2) is 0 Å². The fourth-order valence-corrected chi connectivity index (χ4v) is 3.29. The first kappa shape index (κ1) is 14.1. The molecule has 0 saturated carbocycles. The van der Waals surface area contributed by atoms with Crippen LogP contribution in [0.5, 0.6) is 0 Å². The van der Waals surface area contributed by atoms with Crippen molar-refractivity contribution in [2.45, 2.75) is 51.7 Å². The molecular formula is C17H21NO3. The Labute approximate surface area is 124 Å². The van der Waals surface area contributed by atoms with Crippen LogP contribution in [0.4, 0.5) is 0 Å². The van der Waals surface area contributed by atoms with E-state index in [1.54, 1.807) is 6.07 Å². The topological polar surface area (TPSA) is 53.7 Å². The fourth-order valence-electron chi connectivity index (χ4n) is 3.29. The maximum Gasteiger partial charge on any atom is 0.371 e. The van der Waals surface area contributed by atoms with Crippen LogP contribution >= 0.6 is 0 Å². The largest absolute Gasteiger partial charge is 0.475 e. The van der Waals surface area contributed by atoms with Gasteiger partial charge in [-0.15, -0.1) is 0 Å². The highest BCUT2D eigenvalue weighted by molar-refractivity contribution is 5.91. The molecule has 112 valence electrons. The molecular weight excluding hydrogens is 266 g/mol. The second kappa shape index (κ2) is 5.53. The van der Waals surface area contributed by atoms with E-state index in [1.807, 2.05) is 18.2 Å². The van der Waals surface area contributed by atoms with Crippen molar-refractivity contribution in [3.05, 3.63) is 35.6 Å². The number of carboxylic acids is 1. The molecule has 1 aromatic carbocycles. The third kappa shape index (κ3) is 2.81. The van der Waals surface area contributed by atoms with Crippen LogP contribution in [0.25, 0.3) is 11.0 Å². The van der Waals surface area contributed by atoms with E-state index < -0.39 is 5.97 Å². The molecule has 0 unspecified atom stereocenters. The summed E-state index contributed by atoms with van der Waals surface area (Å²) in [4.78, 5) is 13.5. The number of fused-ring (bicyclic) bond motifs is 1. The molecule has 0 radical (unpaired) electrons. The lowest BCUT2D eigenvalue weighted by Gasteiger charge is -2.39. The number of carboxylic acid groups (broad SMARTS) is 1. The smallest absolute Gasteiger partial charge is 0.371 e. The number of hydrogen-bond acceptors (Lipinski definition) is 3. The Balaban J connectivity index is 1.85. The van der Waals surface area contributed by atoms with Crippen LogP contribution in [0, 0.1) is 0 Å². The van der Waals surface area contributed by atoms with Crippen molar-refractivity contribution in [3.8, 4) is 0 Å². The lowest BCUT2D eigenvalue weighted by Crippen LogP contribution is -2.42. The molecule has 0 aliphatic carbocycles. The van der Waals surface area contributed by atoms with Crippen LogP contribution in [-0.4, -0.2) is 28.1 Å². The minimum absolute atomic E-state index is 0.00172. The van der Waals surface area contributed by atoms with E-state index >= 15 is 0 Å². The van der Waals surface area contributed by atoms with E-state index in [4.69, 9.17) is 9.52 Å². The highest BCUT2D eigenvalue weighted by atomic mass is 16.4. The summed E-state index contributed by atoms with van der Waals surface area (Å²) < 4.78 is 5.30. The lowest BCUT2D eigenvalue weighted by atomic mass is 9.96. The summed E-state index contributed by atoms with van der Waals surface area (Å²) >= 11 is 0. The van der Waals surface area contributed by atoms with Crippen LogP contribution in [-0.2, 0) is 6.54 Å². The van der Waals surface area contributed by atoms with Crippen LogP contribution in [0.1, 0.15) is 49.2 Å². The minimum atomic E-state index is -1.02. The molecule has 2 atom stereocenters. The van der Waals surface area contributed by atoms with Gasteiger partial charge in [0.05, 0.1) is 0 Å². The van der Waals surface area contributed by atoms with E-state index in [0.717, 1.165) is 11.9 Å². The SMILES string of the molecule is C[C@@H]1CCC[C@H](C)N1Cc1ccc2oc(C(=O)O)cc2c1. The normalized spacial score (nSPS) is 23.5. The molecule has 2 aromatic rings. The molecule has 0 amide bonds. The molecule has 0 spiro atoms. The Kier molecular flexibility index (Phi) is 3.72. The Hall–Kier alpha value is -1.81. The third-order valence-corrected chi connectivity index (χ3v) is 4.53. The van der Waals surface area contributed by atoms with Gasteiger partial charge in [0.25, 0.3) is 0 Å². The molecule has 1 saturated heterocycles. The summed E-state index contributed by atoms with van der Waals surface area (Å²) in [6.45, 7) is 5.48. The van der Waals surface area contributed by atoms with E-state index in [9.17, 15) is 4.79 Å². The van der Waals surface area contributed by atoms with Gasteiger partial charge in [-0.1, -0.05) is 12.5 Å². The molecule has 1 aliphatic heterocycles. The Morgan fingerprint density at radius 3 is 2.67 bits per heavy atom. The molecule has 1 aliphatic rings. The van der Waals surface area contributed by atoms with Gasteiger partial charge in [-0.25, -0.2) is 4.79 Å². The van der Waals surface area contributed by atoms with Gasteiger partial charge in [0, 0.05) is 24.0 Å². The Bertz CT molecular complexity index is 651. The number of hydrogen-bond donors (Lipinski definition) is 1. The minimum Gasteiger partial charge on any atom is -0.475 e. The zero-order chi connectivity index (χ0) is 15.0. The molecule has 0 bridgehead atoms. The highest BCUT2D eigenvalue weighted by Gasteiger charge is 2.24. The van der Waals surface area contributed by atoms with Crippen molar-refractivity contribution in [2.24, 2.45) is 0 Å². The average Bonchev–Trinajstić information content (AvgIpc) is 2.86. The summed E-state index contributed by atoms with van der Waals surface area (Å²) in [5.74, 6) is -1.02. The number of aromatic carboxylic acids is 1. The predicted octanol–water partition coefficient (Wildman–Crippen LogP) is 3.89. The molecule has 1 N–H and O–H groups in total. The van der Waals surface area contributed by atoms with Gasteiger partial charge in [-0.05, 0) is 50.5 Å². The predicted molar refractivity (Wildman–Crippen MR) is 81.5 cm³/mol. The van der Waals surface area contributed by atoms with E-state index in [2.05, 4.69) is 18.7 Å². The van der Waals surface area contributed by atoms with Gasteiger partial charge in [-0.2, -0.15) is 0 Å². The first-order chi connectivity index (χ1) is 10.0. The number of rotatable bonds is 3. The third-order valence-electron chi connectivity index (χ3n) is 4.53. The van der Waals surface area contributed by atoms with E-state index in [0.29, 0.717) is 17.7 Å². The molecule has 3 rings (SSSR count). The van der Waals surface area contributed by atoms with Crippen molar-refractivity contribution >= 4 is 16.9 Å². The second-order valence-electron chi connectivity index (χ2n) is 6.09. The molecule has 4 nitrogen and oxygen atoms in total. The zero-order valence-corrected chi connectivity index (χ0v) is 12.5. The summed E-state index contributed by atoms with van der Waals surface area (Å²) in [5, 5.41) is 9.85. The Morgan fingerprint density at radius 2 is 2.00 bits per heavy atom. The monoisotopic (exact) mass is 287 g/mol. The van der Waals surface area contributed by atoms with E-state index in [-0.39, 0.29) is 5.76 Å². The van der Waals surface area contributed by atoms with Crippen LogP contribution in [0.3, 0.4) is 0 Å². The summed E-state index contributed by atoms with van der Waals surface area (Å²) in [6.07, 6.45) is 3.81. The number of piperidine rings is 1. The van der Waals surface area contributed by atoms with E-state index in [1.165, 1.54) is 24.8 Å². The highest BCUT2D eigenvalue weighted by Crippen LogP contribution is 2.26. The number of furan rings is 1. The molecule has 21 heavy (non-hydrogen) atoms. The van der Waals surface area contributed by atoms with Crippen molar-refractivity contribution in [3.63, 3.8) is 0 Å². The molecule has 2 heterocycles. The van der Waals surface area contributed by atoms with Crippen LogP contribution in [0.2, 0.25) is 0 Å². The number of nitrogens with zero attached hydrogens (tertiary/aromatic N) is 1. The van der Waals surface area contributed by atoms with Crippen molar-refractivity contribution < 1.29 is 14.3 Å². The summed E-state index contributed by atoms with van der Waals surface area (Å²) in [5.41, 5.74) is 1.84. The van der Waals surface area contributed by atoms with Crippen LogP contribution in [0.15, 0.2) is 28.7 Å². The van der Waals surface area contributed by atoms with Crippen molar-refractivity contribution in [1.82, 2.24) is 4.90 Å². The fraction of sp³-hybridized carbons (Fsp3) is 0.471. The maximum atomic E-state index is 11.0. The molecule has 1 aromatic heterocycles. The molecule has 4 heteroatoms. The Morgan fingerprint density at radius 1 is 1.29 bits per heavy atom. The summed E-state index contributed by atoms with van der Waals surface area (Å²) in [7, 11) is 0. The van der Waals surface area contributed by atoms with Crippen molar-refractivity contribution in [1.29, 1.82) is 0 Å². The quantitative estimate of drug-likeness (QED) is 0.930. The standard InChI is InChI=1S/C17H21NO3/c1-11-4-3-5-12(2)18(11)10-13-6-7-15-14(8-13)9-16(21-15)17(19)20/h6-9,11-12H,3-5,10H2,1-2H3,(H,19,20)/t11-,12+. The average molecular weight is 287 g/mol. The number of benzene rings is 1. The van der Waals surface area contributed by atoms with Crippen molar-refractivity contribution in [2.75, 3.05) is 0 Å². The first-order valence-electron chi connectivity index (χ1n) is 7.56. The number of likely N-dealkylation sites (tertiary alicyclic amines) is 1. The van der Waals surface area contributed by atoms with Crippen LogP contribution < -0.4 is 0 Å². The number of carbonyl (C=O) groups is 1. The van der Waals surface area contributed by atoms with Gasteiger partial charge in [-0.3, -0.25) is 4.90 Å². The zero-order valence-electron chi connectivity index (χ0n) is 12.5. The lowest BCUT2D eigenvalue weighted by molar-refractivity contribution is 0.0665. The van der Waals surface area contributed by atoms with Gasteiger partial charge >= 0.3 is 5.97 Å². The van der Waals surface area contributed by atoms with Gasteiger partial charge in [0.1, 0.15) is 5.58 Å². The summed E-state index contributed by atoms with van der Waals surface area (Å²) in [6, 6.07) is 8.75. The van der Waals surface area contributed by atoms with Gasteiger partial charge < -0.3 is 9.52 Å². The maximum absolute atomic E-state index is 11.0. The second-order valence-corrected chi connectivity index (χ2v) is 6.09.